The van der Waals surface area contributed by atoms with Gasteiger partial charge in [0.05, 0.1) is 18.5 Å². The molecular weight excluding hydrogens is 244 g/mol. The molecule has 19 heavy (non-hydrogen) atoms. The third kappa shape index (κ3) is 4.21. The van der Waals surface area contributed by atoms with E-state index in [1.165, 1.54) is 0 Å². The number of pyridine rings is 1. The van der Waals surface area contributed by atoms with E-state index < -0.39 is 5.60 Å². The summed E-state index contributed by atoms with van der Waals surface area (Å²) in [6.07, 6.45) is 3.12. The van der Waals surface area contributed by atoms with Gasteiger partial charge in [-0.3, -0.25) is 4.79 Å². The molecule has 1 atom stereocenters. The second kappa shape index (κ2) is 7.09. The van der Waals surface area contributed by atoms with Gasteiger partial charge in [-0.25, -0.2) is 4.98 Å². The molecule has 1 unspecified atom stereocenters. The molecule has 1 rings (SSSR count). The molecule has 0 fully saturated rings. The van der Waals surface area contributed by atoms with Crippen LogP contribution in [0.25, 0.3) is 0 Å². The SMILES string of the molecule is CCCC(C)(OC)C(=O)Nc1ccc(OCC)nc1. The number of rotatable bonds is 7. The van der Waals surface area contributed by atoms with Crippen molar-refractivity contribution >= 4 is 11.6 Å². The Morgan fingerprint density at radius 2 is 2.16 bits per heavy atom. The van der Waals surface area contributed by atoms with Crippen LogP contribution in [0.5, 0.6) is 5.88 Å². The van der Waals surface area contributed by atoms with E-state index in [4.69, 9.17) is 9.47 Å². The number of methoxy groups -OCH3 is 1. The summed E-state index contributed by atoms with van der Waals surface area (Å²) in [4.78, 5) is 16.3. The maximum absolute atomic E-state index is 12.2. The van der Waals surface area contributed by atoms with Crippen molar-refractivity contribution in [1.29, 1.82) is 0 Å². The molecule has 0 aliphatic heterocycles. The Hall–Kier alpha value is -1.62. The predicted octanol–water partition coefficient (Wildman–Crippen LogP) is 2.62. The van der Waals surface area contributed by atoms with Crippen LogP contribution in [-0.2, 0) is 9.53 Å². The topological polar surface area (TPSA) is 60.5 Å². The van der Waals surface area contributed by atoms with E-state index in [1.54, 1.807) is 32.4 Å². The van der Waals surface area contributed by atoms with E-state index in [2.05, 4.69) is 10.3 Å². The van der Waals surface area contributed by atoms with Gasteiger partial charge in [0.1, 0.15) is 5.60 Å². The molecule has 5 heteroatoms. The second-order valence-electron chi connectivity index (χ2n) is 4.46. The Morgan fingerprint density at radius 3 is 2.63 bits per heavy atom. The molecule has 1 aromatic rings. The number of nitrogens with zero attached hydrogens (tertiary/aromatic N) is 1. The molecular formula is C14H22N2O3. The van der Waals surface area contributed by atoms with E-state index in [-0.39, 0.29) is 5.91 Å². The van der Waals surface area contributed by atoms with Crippen molar-refractivity contribution < 1.29 is 14.3 Å². The summed E-state index contributed by atoms with van der Waals surface area (Å²) in [5.41, 5.74) is -0.180. The van der Waals surface area contributed by atoms with Crippen molar-refractivity contribution in [2.75, 3.05) is 19.0 Å². The van der Waals surface area contributed by atoms with Crippen molar-refractivity contribution in [3.05, 3.63) is 18.3 Å². The highest BCUT2D eigenvalue weighted by atomic mass is 16.5. The smallest absolute Gasteiger partial charge is 0.256 e. The summed E-state index contributed by atoms with van der Waals surface area (Å²) < 4.78 is 10.6. The molecule has 0 radical (unpaired) electrons. The van der Waals surface area contributed by atoms with Gasteiger partial charge in [0.25, 0.3) is 5.91 Å². The Kier molecular flexibility index (Phi) is 5.76. The van der Waals surface area contributed by atoms with Crippen LogP contribution in [0, 0.1) is 0 Å². The van der Waals surface area contributed by atoms with E-state index in [0.717, 1.165) is 6.42 Å². The maximum Gasteiger partial charge on any atom is 0.256 e. The number of aromatic nitrogens is 1. The van der Waals surface area contributed by atoms with Crippen LogP contribution in [0.1, 0.15) is 33.6 Å². The predicted molar refractivity (Wildman–Crippen MR) is 74.4 cm³/mol. The molecule has 5 nitrogen and oxygen atoms in total. The lowest BCUT2D eigenvalue weighted by Gasteiger charge is -2.26. The highest BCUT2D eigenvalue weighted by Crippen LogP contribution is 2.20. The zero-order valence-electron chi connectivity index (χ0n) is 12.0. The van der Waals surface area contributed by atoms with Crippen LogP contribution in [0.3, 0.4) is 0 Å². The van der Waals surface area contributed by atoms with E-state index >= 15 is 0 Å². The lowest BCUT2D eigenvalue weighted by Crippen LogP contribution is -2.41. The van der Waals surface area contributed by atoms with Gasteiger partial charge in [-0.05, 0) is 26.3 Å². The van der Waals surface area contributed by atoms with Crippen LogP contribution in [-0.4, -0.2) is 30.2 Å². The molecule has 0 aromatic carbocycles. The summed E-state index contributed by atoms with van der Waals surface area (Å²) in [6, 6.07) is 3.49. The maximum atomic E-state index is 12.2. The highest BCUT2D eigenvalue weighted by molar-refractivity contribution is 5.96. The van der Waals surface area contributed by atoms with Gasteiger partial charge in [0.2, 0.25) is 5.88 Å². The third-order valence-corrected chi connectivity index (χ3v) is 2.94. The number of nitrogens with one attached hydrogen (secondary N) is 1. The van der Waals surface area contributed by atoms with Crippen LogP contribution < -0.4 is 10.1 Å². The normalized spacial score (nSPS) is 13.7. The molecule has 0 aliphatic rings. The number of carbonyl (C=O) groups excluding carboxylic acids is 1. The molecule has 106 valence electrons. The quantitative estimate of drug-likeness (QED) is 0.824. The first-order valence-corrected chi connectivity index (χ1v) is 6.51. The van der Waals surface area contributed by atoms with Gasteiger partial charge < -0.3 is 14.8 Å². The Morgan fingerprint density at radius 1 is 1.42 bits per heavy atom. The summed E-state index contributed by atoms with van der Waals surface area (Å²) in [5, 5.41) is 2.81. The summed E-state index contributed by atoms with van der Waals surface area (Å²) >= 11 is 0. The van der Waals surface area contributed by atoms with Crippen molar-refractivity contribution in [2.45, 2.75) is 39.2 Å². The first kappa shape index (κ1) is 15.4. The second-order valence-corrected chi connectivity index (χ2v) is 4.46. The van der Waals surface area contributed by atoms with Crippen LogP contribution in [0.4, 0.5) is 5.69 Å². The molecule has 0 bridgehead atoms. The van der Waals surface area contributed by atoms with Gasteiger partial charge >= 0.3 is 0 Å². The van der Waals surface area contributed by atoms with Gasteiger partial charge in [-0.2, -0.15) is 0 Å². The highest BCUT2D eigenvalue weighted by Gasteiger charge is 2.32. The molecule has 0 saturated carbocycles. The number of anilines is 1. The third-order valence-electron chi connectivity index (χ3n) is 2.94. The lowest BCUT2D eigenvalue weighted by atomic mass is 9.99. The molecule has 1 heterocycles. The lowest BCUT2D eigenvalue weighted by molar-refractivity contribution is -0.136. The van der Waals surface area contributed by atoms with Gasteiger partial charge in [-0.1, -0.05) is 13.3 Å². The van der Waals surface area contributed by atoms with Crippen LogP contribution in [0.15, 0.2) is 18.3 Å². The molecule has 1 aromatic heterocycles. The summed E-state index contributed by atoms with van der Waals surface area (Å²) in [6.45, 7) is 6.26. The molecule has 1 N–H and O–H groups in total. The number of amides is 1. The number of hydrogen-bond acceptors (Lipinski definition) is 4. The van der Waals surface area contributed by atoms with Gasteiger partial charge in [0, 0.05) is 13.2 Å². The molecule has 0 spiro atoms. The summed E-state index contributed by atoms with van der Waals surface area (Å²) in [7, 11) is 1.55. The largest absolute Gasteiger partial charge is 0.478 e. The fourth-order valence-electron chi connectivity index (χ4n) is 1.74. The van der Waals surface area contributed by atoms with Crippen LogP contribution in [0.2, 0.25) is 0 Å². The Balaban J connectivity index is 2.70. The standard InChI is InChI=1S/C14H22N2O3/c1-5-9-14(3,18-4)13(17)16-11-7-8-12(15-10-11)19-6-2/h7-8,10H,5-6,9H2,1-4H3,(H,16,17). The van der Waals surface area contributed by atoms with Gasteiger partial charge in [0.15, 0.2) is 0 Å². The summed E-state index contributed by atoms with van der Waals surface area (Å²) in [5.74, 6) is 0.381. The first-order valence-electron chi connectivity index (χ1n) is 6.51. The molecule has 0 aliphatic carbocycles. The minimum absolute atomic E-state index is 0.164. The molecule has 1 amide bonds. The van der Waals surface area contributed by atoms with Crippen molar-refractivity contribution in [3.63, 3.8) is 0 Å². The Labute approximate surface area is 114 Å². The van der Waals surface area contributed by atoms with Crippen LogP contribution >= 0.6 is 0 Å². The minimum Gasteiger partial charge on any atom is -0.478 e. The van der Waals surface area contributed by atoms with Crippen molar-refractivity contribution in [3.8, 4) is 5.88 Å². The van der Waals surface area contributed by atoms with E-state index in [1.807, 2.05) is 13.8 Å². The monoisotopic (exact) mass is 266 g/mol. The zero-order valence-corrected chi connectivity index (χ0v) is 12.0. The zero-order chi connectivity index (χ0) is 14.3. The number of hydrogen-bond donors (Lipinski definition) is 1. The average Bonchev–Trinajstić information content (AvgIpc) is 2.41. The van der Waals surface area contributed by atoms with E-state index in [9.17, 15) is 4.79 Å². The Bertz CT molecular complexity index is 406. The minimum atomic E-state index is -0.812. The van der Waals surface area contributed by atoms with E-state index in [0.29, 0.717) is 24.6 Å². The molecule has 0 saturated heterocycles. The average molecular weight is 266 g/mol. The fourth-order valence-corrected chi connectivity index (χ4v) is 1.74. The fraction of sp³-hybridized carbons (Fsp3) is 0.571. The number of carbonyl (C=O) groups is 1. The number of ether oxygens (including phenoxy) is 2. The van der Waals surface area contributed by atoms with Crippen molar-refractivity contribution in [2.24, 2.45) is 0 Å². The first-order chi connectivity index (χ1) is 9.05. The van der Waals surface area contributed by atoms with Gasteiger partial charge in [-0.15, -0.1) is 0 Å². The van der Waals surface area contributed by atoms with Crippen molar-refractivity contribution in [1.82, 2.24) is 4.98 Å².